The van der Waals surface area contributed by atoms with Crippen LogP contribution in [0.1, 0.15) is 49.4 Å². The second-order valence-electron chi connectivity index (χ2n) is 5.97. The Kier molecular flexibility index (Phi) is 6.44. The highest BCUT2D eigenvalue weighted by Gasteiger charge is 2.24. The van der Waals surface area contributed by atoms with Crippen LogP contribution in [0.5, 0.6) is 0 Å². The molecule has 0 heterocycles. The number of esters is 1. The van der Waals surface area contributed by atoms with Gasteiger partial charge in [-0.15, -0.1) is 0 Å². The fourth-order valence-electron chi connectivity index (χ4n) is 2.61. The molecule has 0 radical (unpaired) electrons. The van der Waals surface area contributed by atoms with E-state index in [9.17, 15) is 23.2 Å². The molecule has 2 rings (SSSR count). The zero-order valence-electron chi connectivity index (χ0n) is 13.8. The van der Waals surface area contributed by atoms with Gasteiger partial charge < -0.3 is 10.1 Å². The highest BCUT2D eigenvalue weighted by Crippen LogP contribution is 2.17. The first-order valence-corrected chi connectivity index (χ1v) is 8.14. The summed E-state index contributed by atoms with van der Waals surface area (Å²) >= 11 is 0. The number of ether oxygens (including phenoxy) is 1. The molecular formula is C17H20F2N2O4. The van der Waals surface area contributed by atoms with Crippen LogP contribution in [0.3, 0.4) is 0 Å². The van der Waals surface area contributed by atoms with Crippen LogP contribution >= 0.6 is 0 Å². The zero-order valence-corrected chi connectivity index (χ0v) is 13.8. The van der Waals surface area contributed by atoms with Gasteiger partial charge >= 0.3 is 12.0 Å². The number of nitrogens with one attached hydrogen (secondary N) is 2. The van der Waals surface area contributed by atoms with E-state index < -0.39 is 41.2 Å². The van der Waals surface area contributed by atoms with Crippen LogP contribution in [0.4, 0.5) is 13.6 Å². The average molecular weight is 354 g/mol. The summed E-state index contributed by atoms with van der Waals surface area (Å²) in [6.07, 6.45) is 3.58. The highest BCUT2D eigenvalue weighted by molar-refractivity contribution is 5.98. The Bertz CT molecular complexity index is 660. The van der Waals surface area contributed by atoms with Gasteiger partial charge in [-0.25, -0.2) is 18.4 Å². The van der Waals surface area contributed by atoms with Gasteiger partial charge in [-0.2, -0.15) is 0 Å². The summed E-state index contributed by atoms with van der Waals surface area (Å²) in [6, 6.07) is 1.73. The van der Waals surface area contributed by atoms with Crippen molar-refractivity contribution < 1.29 is 27.9 Å². The Balaban J connectivity index is 1.84. The van der Waals surface area contributed by atoms with E-state index in [4.69, 9.17) is 4.74 Å². The van der Waals surface area contributed by atoms with Gasteiger partial charge in [0.05, 0.1) is 5.56 Å². The minimum absolute atomic E-state index is 0.0210. The predicted molar refractivity (Wildman–Crippen MR) is 84.8 cm³/mol. The summed E-state index contributed by atoms with van der Waals surface area (Å²) in [5.74, 6) is -3.87. The number of carbonyl (C=O) groups is 3. The minimum atomic E-state index is -1.31. The van der Waals surface area contributed by atoms with E-state index >= 15 is 0 Å². The summed E-state index contributed by atoms with van der Waals surface area (Å²) in [4.78, 5) is 35.5. The number of amides is 3. The lowest BCUT2D eigenvalue weighted by molar-refractivity contribution is -0.127. The highest BCUT2D eigenvalue weighted by atomic mass is 19.1. The van der Waals surface area contributed by atoms with E-state index in [-0.39, 0.29) is 6.04 Å². The fraction of sp³-hybridized carbons (Fsp3) is 0.471. The van der Waals surface area contributed by atoms with Crippen molar-refractivity contribution in [1.29, 1.82) is 0 Å². The Morgan fingerprint density at radius 1 is 1.16 bits per heavy atom. The molecule has 0 aliphatic heterocycles. The molecule has 0 spiro atoms. The molecule has 0 unspecified atom stereocenters. The summed E-state index contributed by atoms with van der Waals surface area (Å²) in [7, 11) is 0. The molecule has 3 amide bonds. The predicted octanol–water partition coefficient (Wildman–Crippen LogP) is 2.67. The van der Waals surface area contributed by atoms with Gasteiger partial charge in [-0.3, -0.25) is 10.1 Å². The van der Waals surface area contributed by atoms with Crippen LogP contribution in [-0.4, -0.2) is 30.1 Å². The maximum atomic E-state index is 13.5. The van der Waals surface area contributed by atoms with Crippen molar-refractivity contribution in [3.8, 4) is 0 Å². The lowest BCUT2D eigenvalue weighted by Gasteiger charge is -2.23. The van der Waals surface area contributed by atoms with Crippen molar-refractivity contribution in [1.82, 2.24) is 10.6 Å². The maximum Gasteiger partial charge on any atom is 0.341 e. The van der Waals surface area contributed by atoms with E-state index in [1.807, 2.05) is 0 Å². The van der Waals surface area contributed by atoms with E-state index in [1.165, 1.54) is 6.92 Å². The first kappa shape index (κ1) is 18.8. The maximum absolute atomic E-state index is 13.5. The molecule has 1 fully saturated rings. The van der Waals surface area contributed by atoms with Gasteiger partial charge in [0, 0.05) is 12.1 Å². The Morgan fingerprint density at radius 2 is 1.84 bits per heavy atom. The number of imide groups is 1. The Morgan fingerprint density at radius 3 is 2.48 bits per heavy atom. The Hall–Kier alpha value is -2.51. The van der Waals surface area contributed by atoms with Crippen molar-refractivity contribution in [3.05, 3.63) is 35.4 Å². The molecule has 1 saturated carbocycles. The van der Waals surface area contributed by atoms with E-state index in [1.54, 1.807) is 0 Å². The van der Waals surface area contributed by atoms with Gasteiger partial charge in [0.15, 0.2) is 6.10 Å². The number of halogens is 2. The van der Waals surface area contributed by atoms with Gasteiger partial charge in [-0.05, 0) is 31.9 Å². The number of hydrogen-bond acceptors (Lipinski definition) is 4. The molecule has 8 heteroatoms. The number of benzene rings is 1. The van der Waals surface area contributed by atoms with E-state index in [0.29, 0.717) is 6.07 Å². The summed E-state index contributed by atoms with van der Waals surface area (Å²) < 4.78 is 31.2. The summed E-state index contributed by atoms with van der Waals surface area (Å²) in [6.45, 7) is 1.25. The van der Waals surface area contributed by atoms with Gasteiger partial charge in [0.1, 0.15) is 11.6 Å². The fourth-order valence-corrected chi connectivity index (χ4v) is 2.61. The smallest absolute Gasteiger partial charge is 0.341 e. The lowest BCUT2D eigenvalue weighted by Crippen LogP contribution is -2.48. The molecule has 1 aromatic rings. The second-order valence-corrected chi connectivity index (χ2v) is 5.97. The third-order valence-corrected chi connectivity index (χ3v) is 3.98. The molecule has 0 bridgehead atoms. The summed E-state index contributed by atoms with van der Waals surface area (Å²) in [5.41, 5.74) is -0.493. The molecule has 0 aromatic heterocycles. The molecule has 1 atom stereocenters. The molecule has 0 saturated heterocycles. The summed E-state index contributed by atoms with van der Waals surface area (Å²) in [5, 5.41) is 4.78. The van der Waals surface area contributed by atoms with Gasteiger partial charge in [0.2, 0.25) is 0 Å². The van der Waals surface area contributed by atoms with Crippen molar-refractivity contribution >= 4 is 17.9 Å². The first-order valence-electron chi connectivity index (χ1n) is 8.14. The van der Waals surface area contributed by atoms with E-state index in [0.717, 1.165) is 44.2 Å². The third kappa shape index (κ3) is 5.51. The molecule has 136 valence electrons. The monoisotopic (exact) mass is 354 g/mol. The normalized spacial score (nSPS) is 16.0. The number of urea groups is 1. The SMILES string of the molecule is C[C@@H](OC(=O)c1ccc(F)cc1F)C(=O)NC(=O)NC1CCCCC1. The minimum Gasteiger partial charge on any atom is -0.449 e. The van der Waals surface area contributed by atoms with Crippen LogP contribution in [-0.2, 0) is 9.53 Å². The Labute approximate surface area is 143 Å². The molecule has 1 aromatic carbocycles. The van der Waals surface area contributed by atoms with Gasteiger partial charge in [0.25, 0.3) is 5.91 Å². The molecule has 6 nitrogen and oxygen atoms in total. The number of hydrogen-bond donors (Lipinski definition) is 2. The third-order valence-electron chi connectivity index (χ3n) is 3.98. The van der Waals surface area contributed by atoms with Crippen LogP contribution in [0, 0.1) is 11.6 Å². The van der Waals surface area contributed by atoms with Crippen LogP contribution in [0.25, 0.3) is 0 Å². The number of carbonyl (C=O) groups excluding carboxylic acids is 3. The second kappa shape index (κ2) is 8.55. The average Bonchev–Trinajstić information content (AvgIpc) is 2.55. The van der Waals surface area contributed by atoms with Crippen LogP contribution in [0.15, 0.2) is 18.2 Å². The molecule has 1 aliphatic carbocycles. The van der Waals surface area contributed by atoms with Crippen molar-refractivity contribution in [2.45, 2.75) is 51.2 Å². The lowest BCUT2D eigenvalue weighted by atomic mass is 9.96. The van der Waals surface area contributed by atoms with Crippen LogP contribution < -0.4 is 10.6 Å². The van der Waals surface area contributed by atoms with E-state index in [2.05, 4.69) is 10.6 Å². The van der Waals surface area contributed by atoms with Crippen LogP contribution in [0.2, 0.25) is 0 Å². The number of rotatable bonds is 4. The largest absolute Gasteiger partial charge is 0.449 e. The molecule has 1 aliphatic rings. The topological polar surface area (TPSA) is 84.5 Å². The van der Waals surface area contributed by atoms with Gasteiger partial charge in [-0.1, -0.05) is 19.3 Å². The standard InChI is InChI=1S/C17H20F2N2O4/c1-10(25-16(23)13-8-7-11(18)9-14(13)19)15(22)21-17(24)20-12-5-3-2-4-6-12/h7-10,12H,2-6H2,1H3,(H2,20,21,22,24)/t10-/m1/s1. The molecular weight excluding hydrogens is 334 g/mol. The van der Waals surface area contributed by atoms with Crippen molar-refractivity contribution in [3.63, 3.8) is 0 Å². The quantitative estimate of drug-likeness (QED) is 0.814. The first-order chi connectivity index (χ1) is 11.9. The zero-order chi connectivity index (χ0) is 18.4. The van der Waals surface area contributed by atoms with Crippen molar-refractivity contribution in [2.75, 3.05) is 0 Å². The molecule has 25 heavy (non-hydrogen) atoms. The molecule has 2 N–H and O–H groups in total. The van der Waals surface area contributed by atoms with Crippen molar-refractivity contribution in [2.24, 2.45) is 0 Å².